The Hall–Kier alpha value is -4.82. The maximum atomic E-state index is 12.7. The second-order valence-corrected chi connectivity index (χ2v) is 9.85. The van der Waals surface area contributed by atoms with Gasteiger partial charge < -0.3 is 28.8 Å². The molecule has 1 aliphatic rings. The predicted octanol–water partition coefficient (Wildman–Crippen LogP) is 3.22. The molecule has 0 spiro atoms. The Morgan fingerprint density at radius 2 is 1.65 bits per heavy atom. The standard InChI is InChI=1S/C33H32N2O8/c1-4-18-41-27-20-35(32(38)34-31(27)37)29-19-25(36)28(43-29)21-42-33(22-12-7-5-8-13-22,23-14-9-6-10-15-23)24-16-11-17-26(39-2)30(24)40-3/h1,5-17,20,25,28-29,36H,18-19,21H2,2-3H3,(H,34,37,38)/t25-,28+,29+/m0/s1. The molecule has 0 bridgehead atoms. The largest absolute Gasteiger partial charge is 0.493 e. The van der Waals surface area contributed by atoms with Crippen LogP contribution in [0, 0.1) is 12.3 Å². The van der Waals surface area contributed by atoms with Gasteiger partial charge >= 0.3 is 5.69 Å². The summed E-state index contributed by atoms with van der Waals surface area (Å²) in [5.74, 6) is 3.16. The van der Waals surface area contributed by atoms with Crippen LogP contribution in [-0.4, -0.2) is 54.3 Å². The smallest absolute Gasteiger partial charge is 0.330 e. The van der Waals surface area contributed by atoms with E-state index in [1.54, 1.807) is 20.3 Å². The highest BCUT2D eigenvalue weighted by Crippen LogP contribution is 2.47. The molecule has 2 heterocycles. The summed E-state index contributed by atoms with van der Waals surface area (Å²) in [5.41, 5.74) is -0.330. The van der Waals surface area contributed by atoms with Crippen LogP contribution in [0.15, 0.2) is 94.6 Å². The molecule has 4 aromatic rings. The summed E-state index contributed by atoms with van der Waals surface area (Å²) in [5, 5.41) is 11.1. The van der Waals surface area contributed by atoms with Crippen LogP contribution in [0.25, 0.3) is 0 Å². The van der Waals surface area contributed by atoms with Crippen molar-refractivity contribution in [2.75, 3.05) is 27.4 Å². The van der Waals surface area contributed by atoms with E-state index in [2.05, 4.69) is 10.9 Å². The van der Waals surface area contributed by atoms with Gasteiger partial charge in [-0.15, -0.1) is 6.42 Å². The van der Waals surface area contributed by atoms with Crippen molar-refractivity contribution in [1.29, 1.82) is 0 Å². The molecular formula is C33H32N2O8. The van der Waals surface area contributed by atoms with E-state index < -0.39 is 35.3 Å². The summed E-state index contributed by atoms with van der Waals surface area (Å²) < 4.78 is 31.0. The van der Waals surface area contributed by atoms with Crippen molar-refractivity contribution in [3.63, 3.8) is 0 Å². The number of rotatable bonds is 11. The van der Waals surface area contributed by atoms with Crippen LogP contribution < -0.4 is 25.5 Å². The van der Waals surface area contributed by atoms with Crippen LogP contribution in [0.2, 0.25) is 0 Å². The summed E-state index contributed by atoms with van der Waals surface area (Å²) in [7, 11) is 3.14. The Bertz CT molecular complexity index is 1650. The molecule has 3 atom stereocenters. The van der Waals surface area contributed by atoms with Crippen LogP contribution in [0.1, 0.15) is 29.3 Å². The van der Waals surface area contributed by atoms with Gasteiger partial charge in [0.1, 0.15) is 24.5 Å². The van der Waals surface area contributed by atoms with Crippen molar-refractivity contribution in [3.8, 4) is 29.6 Å². The lowest BCUT2D eigenvalue weighted by atomic mass is 9.79. The molecule has 3 aromatic carbocycles. The van der Waals surface area contributed by atoms with Gasteiger partial charge in [-0.2, -0.15) is 0 Å². The van der Waals surface area contributed by atoms with Crippen molar-refractivity contribution in [2.24, 2.45) is 0 Å². The average Bonchev–Trinajstić information content (AvgIpc) is 3.41. The molecule has 0 radical (unpaired) electrons. The fourth-order valence-corrected chi connectivity index (χ4v) is 5.38. The molecule has 0 saturated carbocycles. The molecule has 5 rings (SSSR count). The number of terminal acetylenes is 1. The minimum atomic E-state index is -1.21. The number of hydrogen-bond acceptors (Lipinski definition) is 8. The number of nitrogens with one attached hydrogen (secondary N) is 1. The Morgan fingerprint density at radius 1 is 0.977 bits per heavy atom. The molecule has 1 saturated heterocycles. The summed E-state index contributed by atoms with van der Waals surface area (Å²) in [6.45, 7) is -0.221. The Labute approximate surface area is 248 Å². The third-order valence-corrected chi connectivity index (χ3v) is 7.37. The van der Waals surface area contributed by atoms with Gasteiger partial charge in [0.25, 0.3) is 5.56 Å². The number of aliphatic hydroxyl groups is 1. The van der Waals surface area contributed by atoms with E-state index in [0.717, 1.165) is 11.1 Å². The molecule has 1 fully saturated rings. The molecule has 10 heteroatoms. The molecule has 0 aliphatic carbocycles. The topological polar surface area (TPSA) is 121 Å². The van der Waals surface area contributed by atoms with Gasteiger partial charge in [-0.1, -0.05) is 78.7 Å². The number of para-hydroxylation sites is 1. The second-order valence-electron chi connectivity index (χ2n) is 9.85. The zero-order valence-electron chi connectivity index (χ0n) is 23.8. The number of H-pyrrole nitrogens is 1. The van der Waals surface area contributed by atoms with Gasteiger partial charge in [0, 0.05) is 12.0 Å². The van der Waals surface area contributed by atoms with Gasteiger partial charge in [-0.3, -0.25) is 14.3 Å². The summed E-state index contributed by atoms with van der Waals surface area (Å²) in [4.78, 5) is 27.0. The number of aromatic amines is 1. The first-order valence-corrected chi connectivity index (χ1v) is 13.6. The summed E-state index contributed by atoms with van der Waals surface area (Å²) >= 11 is 0. The molecule has 43 heavy (non-hydrogen) atoms. The quantitative estimate of drug-likeness (QED) is 0.204. The van der Waals surface area contributed by atoms with Crippen molar-refractivity contribution in [1.82, 2.24) is 9.55 Å². The first-order valence-electron chi connectivity index (χ1n) is 13.6. The Kier molecular flexibility index (Phi) is 8.97. The van der Waals surface area contributed by atoms with Crippen molar-refractivity contribution >= 4 is 0 Å². The molecule has 222 valence electrons. The minimum Gasteiger partial charge on any atom is -0.493 e. The van der Waals surface area contributed by atoms with Gasteiger partial charge in [-0.05, 0) is 17.2 Å². The summed E-state index contributed by atoms with van der Waals surface area (Å²) in [6.07, 6.45) is 3.83. The van der Waals surface area contributed by atoms with Crippen molar-refractivity contribution in [3.05, 3.63) is 123 Å². The highest BCUT2D eigenvalue weighted by molar-refractivity contribution is 5.57. The number of hydrogen-bond donors (Lipinski definition) is 2. The van der Waals surface area contributed by atoms with Crippen LogP contribution in [0.4, 0.5) is 0 Å². The first kappa shape index (κ1) is 29.7. The van der Waals surface area contributed by atoms with Crippen molar-refractivity contribution in [2.45, 2.75) is 30.5 Å². The predicted molar refractivity (Wildman–Crippen MR) is 158 cm³/mol. The zero-order valence-corrected chi connectivity index (χ0v) is 23.8. The normalized spacial score (nSPS) is 18.1. The van der Waals surface area contributed by atoms with Crippen LogP contribution in [-0.2, 0) is 15.1 Å². The van der Waals surface area contributed by atoms with Crippen molar-refractivity contribution < 1.29 is 28.8 Å². The highest BCUT2D eigenvalue weighted by atomic mass is 16.6. The SMILES string of the molecule is C#CCOc1cn([C@H]2C[C@H](O)[C@@H](COC(c3ccccc3)(c3ccccc3)c3cccc(OC)c3OC)O2)c(=O)[nH]c1=O. The molecule has 0 unspecified atom stereocenters. The zero-order chi connectivity index (χ0) is 30.4. The lowest BCUT2D eigenvalue weighted by Crippen LogP contribution is -2.38. The van der Waals surface area contributed by atoms with E-state index in [-0.39, 0.29) is 25.4 Å². The molecule has 0 amide bonds. The Morgan fingerprint density at radius 3 is 2.26 bits per heavy atom. The maximum absolute atomic E-state index is 12.7. The third-order valence-electron chi connectivity index (χ3n) is 7.37. The van der Waals surface area contributed by atoms with Gasteiger partial charge in [0.2, 0.25) is 5.75 Å². The van der Waals surface area contributed by atoms with E-state index in [9.17, 15) is 14.7 Å². The number of methoxy groups -OCH3 is 2. The number of ether oxygens (including phenoxy) is 5. The number of aromatic nitrogens is 2. The van der Waals surface area contributed by atoms with Gasteiger partial charge in [0.05, 0.1) is 33.1 Å². The van der Waals surface area contributed by atoms with Crippen LogP contribution in [0.5, 0.6) is 17.2 Å². The number of benzene rings is 3. The number of aliphatic hydroxyl groups excluding tert-OH is 1. The maximum Gasteiger partial charge on any atom is 0.330 e. The highest BCUT2D eigenvalue weighted by Gasteiger charge is 2.44. The fourth-order valence-electron chi connectivity index (χ4n) is 5.38. The van der Waals surface area contributed by atoms with Gasteiger partial charge in [0.15, 0.2) is 11.5 Å². The van der Waals surface area contributed by atoms with E-state index in [0.29, 0.717) is 17.1 Å². The second kappa shape index (κ2) is 13.0. The molecule has 2 N–H and O–H groups in total. The Balaban J connectivity index is 1.55. The first-order chi connectivity index (χ1) is 20.9. The fraction of sp³-hybridized carbons (Fsp3) is 0.273. The monoisotopic (exact) mass is 584 g/mol. The third kappa shape index (κ3) is 5.79. The molecule has 1 aromatic heterocycles. The molecule has 10 nitrogen and oxygen atoms in total. The van der Waals surface area contributed by atoms with E-state index in [1.165, 1.54) is 10.8 Å². The lowest BCUT2D eigenvalue weighted by Gasteiger charge is -2.38. The average molecular weight is 585 g/mol. The van der Waals surface area contributed by atoms with E-state index >= 15 is 0 Å². The molecular weight excluding hydrogens is 552 g/mol. The van der Waals surface area contributed by atoms with E-state index in [4.69, 9.17) is 30.1 Å². The summed E-state index contributed by atoms with van der Waals surface area (Å²) in [6, 6.07) is 24.9. The van der Waals surface area contributed by atoms with Crippen LogP contribution in [0.3, 0.4) is 0 Å². The minimum absolute atomic E-state index is 0.0691. The van der Waals surface area contributed by atoms with Crippen LogP contribution >= 0.6 is 0 Å². The lowest BCUT2D eigenvalue weighted by molar-refractivity contribution is -0.0949. The van der Waals surface area contributed by atoms with E-state index in [1.807, 2.05) is 72.8 Å². The number of nitrogens with zero attached hydrogens (tertiary/aromatic N) is 1. The molecule has 1 aliphatic heterocycles. The van der Waals surface area contributed by atoms with Gasteiger partial charge in [-0.25, -0.2) is 4.79 Å².